The van der Waals surface area contributed by atoms with Crippen molar-refractivity contribution in [2.45, 2.75) is 33.4 Å². The van der Waals surface area contributed by atoms with Crippen molar-refractivity contribution in [3.05, 3.63) is 18.0 Å². The molecule has 0 bridgehead atoms. The second-order valence-corrected chi connectivity index (χ2v) is 3.44. The topological polar surface area (TPSA) is 39.1 Å². The Labute approximate surface area is 91.6 Å². The molecule has 0 fully saturated rings. The molecule has 86 valence electrons. The summed E-state index contributed by atoms with van der Waals surface area (Å²) in [7, 11) is 0. The Balaban J connectivity index is 2.20. The van der Waals surface area contributed by atoms with Gasteiger partial charge in [0.1, 0.15) is 0 Å². The minimum Gasteiger partial charge on any atom is -0.382 e. The lowest BCUT2D eigenvalue weighted by molar-refractivity contribution is 0.141. The molecule has 0 saturated heterocycles. The highest BCUT2D eigenvalue weighted by atomic mass is 16.5. The average molecular weight is 211 g/mol. The van der Waals surface area contributed by atoms with Crippen LogP contribution in [0.25, 0.3) is 0 Å². The summed E-state index contributed by atoms with van der Waals surface area (Å²) in [6.07, 6.45) is 5.04. The van der Waals surface area contributed by atoms with E-state index in [9.17, 15) is 0 Å². The number of hydrogen-bond donors (Lipinski definition) is 1. The van der Waals surface area contributed by atoms with Crippen LogP contribution in [0.2, 0.25) is 0 Å². The van der Waals surface area contributed by atoms with E-state index in [1.165, 1.54) is 5.56 Å². The smallest absolute Gasteiger partial charge is 0.0534 e. The zero-order chi connectivity index (χ0) is 10.9. The third-order valence-corrected chi connectivity index (χ3v) is 2.15. The van der Waals surface area contributed by atoms with E-state index in [0.717, 1.165) is 39.3 Å². The Hall–Kier alpha value is -0.870. The van der Waals surface area contributed by atoms with E-state index in [1.54, 1.807) is 0 Å². The van der Waals surface area contributed by atoms with Crippen LogP contribution in [0.3, 0.4) is 0 Å². The molecule has 1 aromatic rings. The molecular formula is C11H21N3O. The fourth-order valence-corrected chi connectivity index (χ4v) is 1.36. The summed E-state index contributed by atoms with van der Waals surface area (Å²) in [5, 5.41) is 7.56. The van der Waals surface area contributed by atoms with Gasteiger partial charge in [-0.1, -0.05) is 6.92 Å². The van der Waals surface area contributed by atoms with Crippen LogP contribution in [0.1, 0.15) is 25.8 Å². The number of aromatic nitrogens is 2. The van der Waals surface area contributed by atoms with Gasteiger partial charge in [-0.05, 0) is 19.9 Å². The Morgan fingerprint density at radius 1 is 1.47 bits per heavy atom. The van der Waals surface area contributed by atoms with Gasteiger partial charge in [-0.25, -0.2) is 0 Å². The van der Waals surface area contributed by atoms with Crippen LogP contribution in [0.15, 0.2) is 12.4 Å². The van der Waals surface area contributed by atoms with Crippen LogP contribution in [-0.4, -0.2) is 29.5 Å². The quantitative estimate of drug-likeness (QED) is 0.661. The van der Waals surface area contributed by atoms with E-state index in [1.807, 2.05) is 17.8 Å². The number of ether oxygens (including phenoxy) is 1. The summed E-state index contributed by atoms with van der Waals surface area (Å²) in [6, 6.07) is 0. The van der Waals surface area contributed by atoms with Crippen LogP contribution < -0.4 is 5.32 Å². The van der Waals surface area contributed by atoms with E-state index in [0.29, 0.717) is 0 Å². The number of aryl methyl sites for hydroxylation is 1. The molecule has 4 nitrogen and oxygen atoms in total. The zero-order valence-electron chi connectivity index (χ0n) is 9.70. The summed E-state index contributed by atoms with van der Waals surface area (Å²) >= 11 is 0. The lowest BCUT2D eigenvalue weighted by Crippen LogP contribution is -2.11. The molecule has 0 radical (unpaired) electrons. The maximum Gasteiger partial charge on any atom is 0.0534 e. The SMILES string of the molecule is CCNCc1cnn(CCCOCC)c1. The lowest BCUT2D eigenvalue weighted by atomic mass is 10.3. The second-order valence-electron chi connectivity index (χ2n) is 3.44. The van der Waals surface area contributed by atoms with E-state index >= 15 is 0 Å². The number of rotatable bonds is 8. The lowest BCUT2D eigenvalue weighted by Gasteiger charge is -2.01. The Morgan fingerprint density at radius 3 is 3.07 bits per heavy atom. The molecule has 0 aliphatic carbocycles. The molecule has 0 aromatic carbocycles. The molecule has 4 heteroatoms. The van der Waals surface area contributed by atoms with Gasteiger partial charge in [0.25, 0.3) is 0 Å². The van der Waals surface area contributed by atoms with Gasteiger partial charge in [-0.15, -0.1) is 0 Å². The van der Waals surface area contributed by atoms with Crippen molar-refractivity contribution in [3.8, 4) is 0 Å². The second kappa shape index (κ2) is 7.43. The van der Waals surface area contributed by atoms with Gasteiger partial charge >= 0.3 is 0 Å². The summed E-state index contributed by atoms with van der Waals surface area (Å²) in [6.45, 7) is 8.57. The third kappa shape index (κ3) is 4.95. The fourth-order valence-electron chi connectivity index (χ4n) is 1.36. The first-order chi connectivity index (χ1) is 7.36. The van der Waals surface area contributed by atoms with Crippen molar-refractivity contribution in [1.82, 2.24) is 15.1 Å². The van der Waals surface area contributed by atoms with E-state index in [4.69, 9.17) is 4.74 Å². The van der Waals surface area contributed by atoms with Gasteiger partial charge in [0.15, 0.2) is 0 Å². The molecule has 0 saturated carbocycles. The van der Waals surface area contributed by atoms with Crippen LogP contribution in [0.5, 0.6) is 0 Å². The monoisotopic (exact) mass is 211 g/mol. The van der Waals surface area contributed by atoms with Crippen molar-refractivity contribution in [2.75, 3.05) is 19.8 Å². The molecule has 0 unspecified atom stereocenters. The van der Waals surface area contributed by atoms with Crippen molar-refractivity contribution < 1.29 is 4.74 Å². The van der Waals surface area contributed by atoms with Crippen LogP contribution >= 0.6 is 0 Å². The molecule has 0 aliphatic rings. The number of nitrogens with zero attached hydrogens (tertiary/aromatic N) is 2. The molecular weight excluding hydrogens is 190 g/mol. The largest absolute Gasteiger partial charge is 0.382 e. The first kappa shape index (κ1) is 12.2. The maximum atomic E-state index is 5.27. The summed E-state index contributed by atoms with van der Waals surface area (Å²) < 4.78 is 7.25. The predicted octanol–water partition coefficient (Wildman–Crippen LogP) is 1.42. The van der Waals surface area contributed by atoms with E-state index in [-0.39, 0.29) is 0 Å². The van der Waals surface area contributed by atoms with Gasteiger partial charge < -0.3 is 10.1 Å². The normalized spacial score (nSPS) is 10.8. The van der Waals surface area contributed by atoms with Crippen LogP contribution in [0, 0.1) is 0 Å². The number of hydrogen-bond acceptors (Lipinski definition) is 3. The minimum atomic E-state index is 0.796. The highest BCUT2D eigenvalue weighted by Gasteiger charge is 1.97. The molecule has 0 spiro atoms. The highest BCUT2D eigenvalue weighted by molar-refractivity contribution is 5.02. The van der Waals surface area contributed by atoms with Gasteiger partial charge in [0.05, 0.1) is 6.20 Å². The molecule has 1 heterocycles. The van der Waals surface area contributed by atoms with Gasteiger partial charge in [0, 0.05) is 38.1 Å². The first-order valence-corrected chi connectivity index (χ1v) is 5.66. The van der Waals surface area contributed by atoms with Crippen LogP contribution in [-0.2, 0) is 17.8 Å². The minimum absolute atomic E-state index is 0.796. The summed E-state index contributed by atoms with van der Waals surface area (Å²) in [5.41, 5.74) is 1.24. The van der Waals surface area contributed by atoms with Crippen LogP contribution in [0.4, 0.5) is 0 Å². The van der Waals surface area contributed by atoms with Gasteiger partial charge in [0.2, 0.25) is 0 Å². The van der Waals surface area contributed by atoms with E-state index in [2.05, 4.69) is 23.5 Å². The van der Waals surface area contributed by atoms with Gasteiger partial charge in [-0.3, -0.25) is 4.68 Å². The molecule has 0 atom stereocenters. The predicted molar refractivity (Wildman–Crippen MR) is 60.7 cm³/mol. The van der Waals surface area contributed by atoms with Crippen molar-refractivity contribution >= 4 is 0 Å². The molecule has 1 N–H and O–H groups in total. The Kier molecular flexibility index (Phi) is 6.04. The Morgan fingerprint density at radius 2 is 2.33 bits per heavy atom. The van der Waals surface area contributed by atoms with Gasteiger partial charge in [-0.2, -0.15) is 5.10 Å². The fraction of sp³-hybridized carbons (Fsp3) is 0.727. The average Bonchev–Trinajstić information content (AvgIpc) is 2.69. The standard InChI is InChI=1S/C11H21N3O/c1-3-12-8-11-9-13-14(10-11)6-5-7-15-4-2/h9-10,12H,3-8H2,1-2H3. The molecule has 15 heavy (non-hydrogen) atoms. The van der Waals surface area contributed by atoms with Crippen molar-refractivity contribution in [2.24, 2.45) is 0 Å². The van der Waals surface area contributed by atoms with Crippen molar-refractivity contribution in [1.29, 1.82) is 0 Å². The summed E-state index contributed by atoms with van der Waals surface area (Å²) in [4.78, 5) is 0. The third-order valence-electron chi connectivity index (χ3n) is 2.15. The summed E-state index contributed by atoms with van der Waals surface area (Å²) in [5.74, 6) is 0. The van der Waals surface area contributed by atoms with Crippen molar-refractivity contribution in [3.63, 3.8) is 0 Å². The molecule has 1 aromatic heterocycles. The first-order valence-electron chi connectivity index (χ1n) is 5.66. The van der Waals surface area contributed by atoms with E-state index < -0.39 is 0 Å². The highest BCUT2D eigenvalue weighted by Crippen LogP contribution is 1.98. The maximum absolute atomic E-state index is 5.27. The zero-order valence-corrected chi connectivity index (χ0v) is 9.70. The molecule has 0 amide bonds. The molecule has 0 aliphatic heterocycles. The Bertz CT molecular complexity index is 260. The molecule has 1 rings (SSSR count). The number of nitrogens with one attached hydrogen (secondary N) is 1.